The van der Waals surface area contributed by atoms with Gasteiger partial charge < -0.3 is 25.4 Å². The SMILES string of the molecule is CC1Oc2cc(N3CCCC3=O)ccc2-c2cnc(Nc3cncc(C(CCNC(=O)c4ccccc4O)c4ccccc4)c3)cc21. The van der Waals surface area contributed by atoms with Gasteiger partial charge in [0.2, 0.25) is 5.91 Å². The number of nitrogens with zero attached hydrogens (tertiary/aromatic N) is 3. The first-order valence-corrected chi connectivity index (χ1v) is 15.9. The second-order valence-electron chi connectivity index (χ2n) is 11.9. The number of aromatic nitrogens is 2. The highest BCUT2D eigenvalue weighted by Gasteiger charge is 2.27. The van der Waals surface area contributed by atoms with Crippen LogP contribution in [0.3, 0.4) is 0 Å². The number of phenolic OH excluding ortho intramolecular Hbond substituents is 1. The second kappa shape index (κ2) is 13.0. The van der Waals surface area contributed by atoms with Crippen LogP contribution in [0.15, 0.2) is 104 Å². The van der Waals surface area contributed by atoms with E-state index < -0.39 is 0 Å². The number of ether oxygens (including phenoxy) is 1. The van der Waals surface area contributed by atoms with Gasteiger partial charge in [-0.05, 0) is 67.3 Å². The van der Waals surface area contributed by atoms with Crippen molar-refractivity contribution >= 4 is 29.0 Å². The first kappa shape index (κ1) is 30.0. The summed E-state index contributed by atoms with van der Waals surface area (Å²) >= 11 is 0. The van der Waals surface area contributed by atoms with E-state index >= 15 is 0 Å². The molecule has 4 heterocycles. The van der Waals surface area contributed by atoms with E-state index in [1.807, 2.05) is 66.7 Å². The average molecular weight is 626 g/mol. The molecule has 2 aliphatic heterocycles. The maximum atomic E-state index is 12.7. The van der Waals surface area contributed by atoms with Crippen LogP contribution >= 0.6 is 0 Å². The van der Waals surface area contributed by atoms with Crippen LogP contribution in [0.25, 0.3) is 11.1 Å². The predicted molar refractivity (Wildman–Crippen MR) is 181 cm³/mol. The van der Waals surface area contributed by atoms with Crippen LogP contribution in [0, 0.1) is 0 Å². The minimum absolute atomic E-state index is 0.0303. The van der Waals surface area contributed by atoms with Gasteiger partial charge in [0.25, 0.3) is 5.91 Å². The monoisotopic (exact) mass is 625 g/mol. The molecular weight excluding hydrogens is 590 g/mol. The fourth-order valence-electron chi connectivity index (χ4n) is 6.44. The lowest BCUT2D eigenvalue weighted by Crippen LogP contribution is -2.26. The number of nitrogens with one attached hydrogen (secondary N) is 2. The maximum Gasteiger partial charge on any atom is 0.255 e. The van der Waals surface area contributed by atoms with E-state index in [1.54, 1.807) is 24.4 Å². The number of benzene rings is 3. The number of hydrogen-bond donors (Lipinski definition) is 3. The maximum absolute atomic E-state index is 12.7. The summed E-state index contributed by atoms with van der Waals surface area (Å²) in [6, 6.07) is 26.7. The van der Waals surface area contributed by atoms with E-state index in [4.69, 9.17) is 9.72 Å². The first-order chi connectivity index (χ1) is 22.9. The van der Waals surface area contributed by atoms with E-state index in [0.29, 0.717) is 25.2 Å². The topological polar surface area (TPSA) is 117 Å². The molecule has 47 heavy (non-hydrogen) atoms. The fourth-order valence-corrected chi connectivity index (χ4v) is 6.44. The van der Waals surface area contributed by atoms with Crippen LogP contribution < -0.4 is 20.3 Å². The molecule has 0 saturated carbocycles. The summed E-state index contributed by atoms with van der Waals surface area (Å²) in [6.07, 6.45) is 7.38. The van der Waals surface area contributed by atoms with Crippen molar-refractivity contribution in [3.05, 3.63) is 126 Å². The highest BCUT2D eigenvalue weighted by Crippen LogP contribution is 2.44. The molecule has 236 valence electrons. The summed E-state index contributed by atoms with van der Waals surface area (Å²) < 4.78 is 6.34. The standard InChI is InChI=1S/C38H35N5O4/c1-24-32-20-36(41-23-33(32)30-14-13-28(19-35(30)47-24)43-17-7-12-37(43)45)42-27-18-26(21-39-22-27)29(25-8-3-2-4-9-25)15-16-40-38(46)31-10-5-6-11-34(31)44/h2-6,8-11,13-14,18-24,29,44H,7,12,15-17H2,1H3,(H,40,46)(H,41,42). The van der Waals surface area contributed by atoms with Crippen molar-refractivity contribution in [1.82, 2.24) is 15.3 Å². The molecule has 9 nitrogen and oxygen atoms in total. The minimum Gasteiger partial charge on any atom is -0.507 e. The average Bonchev–Trinajstić information content (AvgIpc) is 3.53. The second-order valence-corrected chi connectivity index (χ2v) is 11.9. The molecular formula is C38H35N5O4. The van der Waals surface area contributed by atoms with Crippen LogP contribution in [0.4, 0.5) is 17.2 Å². The van der Waals surface area contributed by atoms with Crippen molar-refractivity contribution < 1.29 is 19.4 Å². The number of pyridine rings is 2. The van der Waals surface area contributed by atoms with Gasteiger partial charge in [-0.3, -0.25) is 14.6 Å². The smallest absolute Gasteiger partial charge is 0.255 e. The summed E-state index contributed by atoms with van der Waals surface area (Å²) in [6.45, 7) is 3.16. The number of fused-ring (bicyclic) bond motifs is 3. The van der Waals surface area contributed by atoms with Crippen LogP contribution in [-0.4, -0.2) is 40.0 Å². The molecule has 0 spiro atoms. The molecule has 1 fully saturated rings. The normalized spacial score (nSPS) is 15.7. The Balaban J connectivity index is 1.09. The van der Waals surface area contributed by atoms with E-state index in [0.717, 1.165) is 57.9 Å². The van der Waals surface area contributed by atoms with Crippen molar-refractivity contribution in [2.45, 2.75) is 38.2 Å². The molecule has 0 bridgehead atoms. The third kappa shape index (κ3) is 6.24. The van der Waals surface area contributed by atoms with Crippen LogP contribution in [0.5, 0.6) is 11.5 Å². The van der Waals surface area contributed by atoms with Crippen molar-refractivity contribution in [3.8, 4) is 22.6 Å². The summed E-state index contributed by atoms with van der Waals surface area (Å²) in [5, 5.41) is 16.5. The Morgan fingerprint density at radius 1 is 0.979 bits per heavy atom. The zero-order valence-electron chi connectivity index (χ0n) is 26.0. The molecule has 2 amide bonds. The van der Waals surface area contributed by atoms with Gasteiger partial charge in [0.15, 0.2) is 0 Å². The summed E-state index contributed by atoms with van der Waals surface area (Å²) in [7, 11) is 0. The van der Waals surface area contributed by atoms with E-state index in [-0.39, 0.29) is 35.1 Å². The Hall–Kier alpha value is -5.70. The highest BCUT2D eigenvalue weighted by atomic mass is 16.5. The third-order valence-electron chi connectivity index (χ3n) is 8.82. The predicted octanol–water partition coefficient (Wildman–Crippen LogP) is 7.13. The summed E-state index contributed by atoms with van der Waals surface area (Å²) in [5.41, 5.74) is 6.99. The molecule has 2 unspecified atom stereocenters. The number of rotatable bonds is 9. The largest absolute Gasteiger partial charge is 0.507 e. The number of carbonyl (C=O) groups is 2. The quantitative estimate of drug-likeness (QED) is 0.160. The molecule has 2 aromatic heterocycles. The molecule has 0 aliphatic carbocycles. The van der Waals surface area contributed by atoms with Crippen molar-refractivity contribution in [1.29, 1.82) is 0 Å². The Kier molecular flexibility index (Phi) is 8.27. The van der Waals surface area contributed by atoms with Gasteiger partial charge in [0.05, 0.1) is 17.4 Å². The number of carbonyl (C=O) groups excluding carboxylic acids is 2. The number of anilines is 3. The van der Waals surface area contributed by atoms with Gasteiger partial charge in [-0.2, -0.15) is 0 Å². The van der Waals surface area contributed by atoms with Crippen molar-refractivity contribution in [2.75, 3.05) is 23.3 Å². The van der Waals surface area contributed by atoms with Crippen LogP contribution in [-0.2, 0) is 4.79 Å². The molecule has 7 rings (SSSR count). The summed E-state index contributed by atoms with van der Waals surface area (Å²) in [4.78, 5) is 36.1. The van der Waals surface area contributed by atoms with E-state index in [2.05, 4.69) is 33.8 Å². The molecule has 0 radical (unpaired) electrons. The number of phenols is 1. The molecule has 5 aromatic rings. The van der Waals surface area contributed by atoms with Gasteiger partial charge in [-0.1, -0.05) is 42.5 Å². The molecule has 2 atom stereocenters. The molecule has 2 aliphatic rings. The summed E-state index contributed by atoms with van der Waals surface area (Å²) in [5.74, 6) is 1.19. The number of hydrogen-bond acceptors (Lipinski definition) is 7. The van der Waals surface area contributed by atoms with Gasteiger partial charge >= 0.3 is 0 Å². The minimum atomic E-state index is -0.315. The first-order valence-electron chi connectivity index (χ1n) is 15.9. The van der Waals surface area contributed by atoms with Gasteiger partial charge in [-0.25, -0.2) is 4.98 Å². The molecule has 9 heteroatoms. The van der Waals surface area contributed by atoms with Crippen molar-refractivity contribution in [2.24, 2.45) is 0 Å². The van der Waals surface area contributed by atoms with Gasteiger partial charge in [0, 0.05) is 66.3 Å². The Morgan fingerprint density at radius 3 is 2.62 bits per heavy atom. The van der Waals surface area contributed by atoms with Gasteiger partial charge in [-0.15, -0.1) is 0 Å². The molecule has 1 saturated heterocycles. The lowest BCUT2D eigenvalue weighted by molar-refractivity contribution is -0.117. The van der Waals surface area contributed by atoms with E-state index in [9.17, 15) is 14.7 Å². The number of amides is 2. The number of para-hydroxylation sites is 1. The highest BCUT2D eigenvalue weighted by molar-refractivity contribution is 5.97. The van der Waals surface area contributed by atoms with Gasteiger partial charge in [0.1, 0.15) is 23.4 Å². The number of aromatic hydroxyl groups is 1. The fraction of sp³-hybridized carbons (Fsp3) is 0.211. The Morgan fingerprint density at radius 2 is 1.81 bits per heavy atom. The Labute approximate surface area is 273 Å². The van der Waals surface area contributed by atoms with Crippen LogP contribution in [0.2, 0.25) is 0 Å². The lowest BCUT2D eigenvalue weighted by atomic mass is 9.89. The van der Waals surface area contributed by atoms with Crippen molar-refractivity contribution in [3.63, 3.8) is 0 Å². The molecule has 3 N–H and O–H groups in total. The van der Waals surface area contributed by atoms with Crippen LogP contribution in [0.1, 0.15) is 65.3 Å². The van der Waals surface area contributed by atoms with E-state index in [1.165, 1.54) is 6.07 Å². The Bertz CT molecular complexity index is 1950. The zero-order valence-corrected chi connectivity index (χ0v) is 26.0. The third-order valence-corrected chi connectivity index (χ3v) is 8.82. The zero-order chi connectivity index (χ0) is 32.3. The molecule has 3 aromatic carbocycles. The lowest BCUT2D eigenvalue weighted by Gasteiger charge is -2.28.